The molecule has 1 aliphatic rings. The molecule has 1 saturated heterocycles. The molecule has 0 aromatic heterocycles. The lowest BCUT2D eigenvalue weighted by molar-refractivity contribution is -0.142. The van der Waals surface area contributed by atoms with Crippen LogP contribution >= 0.6 is 11.6 Å². The van der Waals surface area contributed by atoms with Crippen LogP contribution in [0.5, 0.6) is 5.75 Å². The zero-order valence-electron chi connectivity index (χ0n) is 10.5. The van der Waals surface area contributed by atoms with E-state index in [9.17, 15) is 9.59 Å². The highest BCUT2D eigenvalue weighted by atomic mass is 35.5. The van der Waals surface area contributed by atoms with Crippen molar-refractivity contribution in [1.82, 2.24) is 5.32 Å². The Morgan fingerprint density at radius 1 is 1.45 bits per heavy atom. The highest BCUT2D eigenvalue weighted by Gasteiger charge is 2.34. The summed E-state index contributed by atoms with van der Waals surface area (Å²) in [5, 5.41) is 12.1. The van der Waals surface area contributed by atoms with E-state index in [-0.39, 0.29) is 19.8 Å². The topological polar surface area (TPSA) is 84.9 Å². The molecule has 0 saturated carbocycles. The number of aliphatic carboxylic acids is 1. The fourth-order valence-corrected chi connectivity index (χ4v) is 2.07. The molecule has 2 rings (SSSR count). The summed E-state index contributed by atoms with van der Waals surface area (Å²) in [6.45, 7) is 0.0957. The lowest BCUT2D eigenvalue weighted by Gasteiger charge is -2.15. The number of halogens is 1. The van der Waals surface area contributed by atoms with Crippen LogP contribution in [0.1, 0.15) is 0 Å². The van der Waals surface area contributed by atoms with Crippen LogP contribution < -0.4 is 10.1 Å². The Morgan fingerprint density at radius 2 is 2.25 bits per heavy atom. The third kappa shape index (κ3) is 3.85. The summed E-state index contributed by atoms with van der Waals surface area (Å²) in [5.41, 5.74) is 0. The first-order chi connectivity index (χ1) is 9.56. The summed E-state index contributed by atoms with van der Waals surface area (Å²) in [4.78, 5) is 22.6. The van der Waals surface area contributed by atoms with Crippen molar-refractivity contribution in [2.45, 2.75) is 6.04 Å². The van der Waals surface area contributed by atoms with Crippen molar-refractivity contribution in [1.29, 1.82) is 0 Å². The van der Waals surface area contributed by atoms with E-state index in [1.807, 2.05) is 0 Å². The van der Waals surface area contributed by atoms with Crippen LogP contribution in [-0.2, 0) is 14.3 Å². The molecule has 2 unspecified atom stereocenters. The summed E-state index contributed by atoms with van der Waals surface area (Å²) in [5.74, 6) is -1.62. The van der Waals surface area contributed by atoms with Gasteiger partial charge >= 0.3 is 5.97 Å². The normalized spacial score (nSPS) is 21.4. The SMILES string of the molecule is O=C(COc1cccc(Cl)c1)NC1COCC1C(=O)O. The molecule has 1 amide bonds. The molecule has 0 bridgehead atoms. The summed E-state index contributed by atoms with van der Waals surface area (Å²) >= 11 is 5.79. The van der Waals surface area contributed by atoms with Crippen LogP contribution in [-0.4, -0.2) is 42.8 Å². The second kappa shape index (κ2) is 6.58. The number of benzene rings is 1. The van der Waals surface area contributed by atoms with Crippen molar-refractivity contribution in [3.05, 3.63) is 29.3 Å². The third-order valence-corrected chi connectivity index (χ3v) is 3.15. The number of ether oxygens (including phenoxy) is 2. The Bertz CT molecular complexity index is 507. The van der Waals surface area contributed by atoms with Gasteiger partial charge in [-0.05, 0) is 18.2 Å². The van der Waals surface area contributed by atoms with Gasteiger partial charge in [0.1, 0.15) is 11.7 Å². The van der Waals surface area contributed by atoms with Crippen LogP contribution in [0.15, 0.2) is 24.3 Å². The van der Waals surface area contributed by atoms with Gasteiger partial charge in [-0.25, -0.2) is 0 Å². The molecule has 1 heterocycles. The van der Waals surface area contributed by atoms with E-state index in [0.717, 1.165) is 0 Å². The van der Waals surface area contributed by atoms with Gasteiger partial charge in [0.25, 0.3) is 5.91 Å². The maximum absolute atomic E-state index is 11.7. The molecular formula is C13H14ClNO5. The first-order valence-electron chi connectivity index (χ1n) is 6.04. The minimum absolute atomic E-state index is 0.107. The largest absolute Gasteiger partial charge is 0.484 e. The van der Waals surface area contributed by atoms with Gasteiger partial charge < -0.3 is 19.9 Å². The predicted molar refractivity (Wildman–Crippen MR) is 70.8 cm³/mol. The Morgan fingerprint density at radius 3 is 2.95 bits per heavy atom. The molecule has 0 radical (unpaired) electrons. The molecule has 0 aliphatic carbocycles. The molecular weight excluding hydrogens is 286 g/mol. The fraction of sp³-hybridized carbons (Fsp3) is 0.385. The predicted octanol–water partition coefficient (Wildman–Crippen LogP) is 0.935. The number of amides is 1. The molecule has 20 heavy (non-hydrogen) atoms. The number of carboxylic acids is 1. The van der Waals surface area contributed by atoms with Gasteiger partial charge in [-0.1, -0.05) is 17.7 Å². The zero-order chi connectivity index (χ0) is 14.5. The van der Waals surface area contributed by atoms with Gasteiger partial charge in [-0.15, -0.1) is 0 Å². The van der Waals surface area contributed by atoms with Crippen molar-refractivity contribution in [3.63, 3.8) is 0 Å². The van der Waals surface area contributed by atoms with Crippen molar-refractivity contribution in [2.75, 3.05) is 19.8 Å². The number of nitrogens with one attached hydrogen (secondary N) is 1. The summed E-state index contributed by atoms with van der Waals surface area (Å²) in [7, 11) is 0. The van der Waals surface area contributed by atoms with E-state index in [4.69, 9.17) is 26.2 Å². The number of carbonyl (C=O) groups is 2. The van der Waals surface area contributed by atoms with Crippen LogP contribution in [0.4, 0.5) is 0 Å². The van der Waals surface area contributed by atoms with Gasteiger partial charge in [-0.3, -0.25) is 9.59 Å². The van der Waals surface area contributed by atoms with Crippen LogP contribution in [0.3, 0.4) is 0 Å². The number of hydrogen-bond donors (Lipinski definition) is 2. The highest BCUT2D eigenvalue weighted by Crippen LogP contribution is 2.17. The maximum atomic E-state index is 11.7. The Balaban J connectivity index is 1.82. The summed E-state index contributed by atoms with van der Waals surface area (Å²) in [6.07, 6.45) is 0. The third-order valence-electron chi connectivity index (χ3n) is 2.91. The van der Waals surface area contributed by atoms with Gasteiger partial charge in [0.2, 0.25) is 0 Å². The first-order valence-corrected chi connectivity index (χ1v) is 6.42. The fourth-order valence-electron chi connectivity index (χ4n) is 1.89. The molecule has 1 aliphatic heterocycles. The molecule has 108 valence electrons. The Labute approximate surface area is 120 Å². The van der Waals surface area contributed by atoms with Gasteiger partial charge in [-0.2, -0.15) is 0 Å². The minimum atomic E-state index is -0.983. The smallest absolute Gasteiger partial charge is 0.311 e. The molecule has 2 N–H and O–H groups in total. The second-order valence-corrected chi connectivity index (χ2v) is 4.84. The molecule has 6 nitrogen and oxygen atoms in total. The van der Waals surface area contributed by atoms with E-state index in [1.165, 1.54) is 0 Å². The zero-order valence-corrected chi connectivity index (χ0v) is 11.3. The van der Waals surface area contributed by atoms with E-state index in [2.05, 4.69) is 5.32 Å². The molecule has 2 atom stereocenters. The minimum Gasteiger partial charge on any atom is -0.484 e. The van der Waals surface area contributed by atoms with Crippen molar-refractivity contribution < 1.29 is 24.2 Å². The number of carbonyl (C=O) groups excluding carboxylic acids is 1. The highest BCUT2D eigenvalue weighted by molar-refractivity contribution is 6.30. The van der Waals surface area contributed by atoms with Crippen LogP contribution in [0.2, 0.25) is 5.02 Å². The van der Waals surface area contributed by atoms with E-state index in [0.29, 0.717) is 10.8 Å². The van der Waals surface area contributed by atoms with Crippen molar-refractivity contribution in [2.24, 2.45) is 5.92 Å². The maximum Gasteiger partial charge on any atom is 0.311 e. The first kappa shape index (κ1) is 14.6. The van der Waals surface area contributed by atoms with Gasteiger partial charge in [0, 0.05) is 5.02 Å². The monoisotopic (exact) mass is 299 g/mol. The van der Waals surface area contributed by atoms with E-state index < -0.39 is 23.8 Å². The van der Waals surface area contributed by atoms with E-state index >= 15 is 0 Å². The van der Waals surface area contributed by atoms with Crippen molar-refractivity contribution in [3.8, 4) is 5.75 Å². The van der Waals surface area contributed by atoms with Gasteiger partial charge in [0.15, 0.2) is 6.61 Å². The Hall–Kier alpha value is -1.79. The number of hydrogen-bond acceptors (Lipinski definition) is 4. The molecule has 1 fully saturated rings. The number of rotatable bonds is 5. The van der Waals surface area contributed by atoms with Crippen LogP contribution in [0.25, 0.3) is 0 Å². The lowest BCUT2D eigenvalue weighted by Crippen LogP contribution is -2.44. The molecule has 7 heteroatoms. The summed E-state index contributed by atoms with van der Waals surface area (Å²) in [6, 6.07) is 6.15. The standard InChI is InChI=1S/C13H14ClNO5/c14-8-2-1-3-9(4-8)20-7-12(16)15-11-6-19-5-10(11)13(17)18/h1-4,10-11H,5-7H2,(H,15,16)(H,17,18). The molecule has 1 aromatic rings. The number of carboxylic acid groups (broad SMARTS) is 1. The quantitative estimate of drug-likeness (QED) is 0.845. The van der Waals surface area contributed by atoms with Crippen LogP contribution in [0, 0.1) is 5.92 Å². The molecule has 0 spiro atoms. The lowest BCUT2D eigenvalue weighted by atomic mass is 10.0. The van der Waals surface area contributed by atoms with Crippen molar-refractivity contribution >= 4 is 23.5 Å². The van der Waals surface area contributed by atoms with Gasteiger partial charge in [0.05, 0.1) is 19.3 Å². The average Bonchev–Trinajstić information content (AvgIpc) is 2.85. The molecule has 1 aromatic carbocycles. The summed E-state index contributed by atoms with van der Waals surface area (Å²) < 4.78 is 10.3. The van der Waals surface area contributed by atoms with E-state index in [1.54, 1.807) is 24.3 Å². The second-order valence-electron chi connectivity index (χ2n) is 4.40. The average molecular weight is 300 g/mol. The Kier molecular flexibility index (Phi) is 4.81.